The standard InChI is InChI=1S/C29H20N4O4/c34-32(35)26-16-14-25(15-17-26)31-28(21-8-3-1-4-9-21)18-23(29(31)22-10-5-2-6-11-22)20-30-24-12-7-13-27(19-24)33(36)37/h1-20H. The van der Waals surface area contributed by atoms with Crippen LogP contribution in [0.5, 0.6) is 0 Å². The van der Waals surface area contributed by atoms with Gasteiger partial charge in [0.1, 0.15) is 0 Å². The minimum Gasteiger partial charge on any atom is -0.309 e. The number of rotatable bonds is 7. The van der Waals surface area contributed by atoms with Crippen molar-refractivity contribution in [1.82, 2.24) is 4.57 Å². The van der Waals surface area contributed by atoms with Crippen LogP contribution < -0.4 is 0 Å². The third kappa shape index (κ3) is 4.89. The molecule has 0 unspecified atom stereocenters. The maximum atomic E-state index is 11.3. The topological polar surface area (TPSA) is 104 Å². The van der Waals surface area contributed by atoms with Crippen molar-refractivity contribution >= 4 is 23.3 Å². The lowest BCUT2D eigenvalue weighted by molar-refractivity contribution is -0.385. The van der Waals surface area contributed by atoms with Gasteiger partial charge in [-0.3, -0.25) is 25.2 Å². The molecule has 0 saturated carbocycles. The highest BCUT2D eigenvalue weighted by atomic mass is 16.6. The summed E-state index contributed by atoms with van der Waals surface area (Å²) in [5, 5.41) is 22.5. The lowest BCUT2D eigenvalue weighted by Crippen LogP contribution is -2.01. The van der Waals surface area contributed by atoms with Crippen molar-refractivity contribution in [1.29, 1.82) is 0 Å². The monoisotopic (exact) mass is 488 g/mol. The van der Waals surface area contributed by atoms with Gasteiger partial charge < -0.3 is 4.57 Å². The molecule has 4 aromatic carbocycles. The molecule has 0 aliphatic carbocycles. The number of benzene rings is 4. The summed E-state index contributed by atoms with van der Waals surface area (Å²) >= 11 is 0. The normalized spacial score (nSPS) is 11.0. The number of nitro benzene ring substituents is 2. The number of hydrogen-bond donors (Lipinski definition) is 0. The van der Waals surface area contributed by atoms with Crippen LogP contribution in [0.2, 0.25) is 0 Å². The predicted octanol–water partition coefficient (Wildman–Crippen LogP) is 7.38. The Morgan fingerprint density at radius 1 is 0.649 bits per heavy atom. The zero-order chi connectivity index (χ0) is 25.8. The van der Waals surface area contributed by atoms with Crippen LogP contribution in [-0.2, 0) is 0 Å². The van der Waals surface area contributed by atoms with Crippen molar-refractivity contribution < 1.29 is 9.85 Å². The lowest BCUT2D eigenvalue weighted by atomic mass is 10.1. The Labute approximate surface area is 212 Å². The average Bonchev–Trinajstić information content (AvgIpc) is 3.32. The molecule has 0 aliphatic rings. The summed E-state index contributed by atoms with van der Waals surface area (Å²) in [5.74, 6) is 0. The molecule has 0 amide bonds. The van der Waals surface area contributed by atoms with Crippen LogP contribution in [0.1, 0.15) is 5.56 Å². The summed E-state index contributed by atoms with van der Waals surface area (Å²) in [6.45, 7) is 0. The summed E-state index contributed by atoms with van der Waals surface area (Å²) < 4.78 is 2.04. The smallest absolute Gasteiger partial charge is 0.271 e. The van der Waals surface area contributed by atoms with Crippen LogP contribution in [-0.4, -0.2) is 20.6 Å². The van der Waals surface area contributed by atoms with Crippen molar-refractivity contribution in [2.45, 2.75) is 0 Å². The molecule has 5 rings (SSSR count). The zero-order valence-corrected chi connectivity index (χ0v) is 19.5. The van der Waals surface area contributed by atoms with E-state index in [1.165, 1.54) is 24.3 Å². The molecule has 0 atom stereocenters. The van der Waals surface area contributed by atoms with Crippen molar-refractivity contribution in [3.63, 3.8) is 0 Å². The highest BCUT2D eigenvalue weighted by Gasteiger charge is 2.19. The molecular weight excluding hydrogens is 468 g/mol. The van der Waals surface area contributed by atoms with Gasteiger partial charge >= 0.3 is 0 Å². The molecule has 180 valence electrons. The fourth-order valence-corrected chi connectivity index (χ4v) is 4.16. The molecule has 0 radical (unpaired) electrons. The van der Waals surface area contributed by atoms with E-state index in [4.69, 9.17) is 0 Å². The Hall–Kier alpha value is -5.37. The van der Waals surface area contributed by atoms with Gasteiger partial charge in [0, 0.05) is 41.7 Å². The highest BCUT2D eigenvalue weighted by molar-refractivity contribution is 5.94. The van der Waals surface area contributed by atoms with E-state index in [-0.39, 0.29) is 11.4 Å². The van der Waals surface area contributed by atoms with Gasteiger partial charge in [-0.25, -0.2) is 0 Å². The average molecular weight is 489 g/mol. The van der Waals surface area contributed by atoms with Crippen LogP contribution in [0.15, 0.2) is 120 Å². The number of nitro groups is 2. The second-order valence-electron chi connectivity index (χ2n) is 8.21. The van der Waals surface area contributed by atoms with Crippen LogP contribution in [0.3, 0.4) is 0 Å². The molecule has 0 aliphatic heterocycles. The van der Waals surface area contributed by atoms with Crippen LogP contribution >= 0.6 is 0 Å². The first kappa shape index (κ1) is 23.4. The number of aromatic nitrogens is 1. The summed E-state index contributed by atoms with van der Waals surface area (Å²) in [4.78, 5) is 26.1. The zero-order valence-electron chi connectivity index (χ0n) is 19.5. The first-order chi connectivity index (χ1) is 18.0. The SMILES string of the molecule is O=[N+]([O-])c1ccc(-n2c(-c3ccccc3)cc(C=Nc3cccc([N+](=O)[O-])c3)c2-c2ccccc2)cc1. The molecular formula is C29H20N4O4. The molecule has 8 heteroatoms. The van der Waals surface area contributed by atoms with E-state index in [0.717, 1.165) is 33.8 Å². The van der Waals surface area contributed by atoms with Gasteiger partial charge in [-0.05, 0) is 35.4 Å². The minimum atomic E-state index is -0.451. The van der Waals surface area contributed by atoms with Crippen molar-refractivity contribution in [2.75, 3.05) is 0 Å². The Bertz CT molecular complexity index is 1610. The maximum Gasteiger partial charge on any atom is 0.271 e. The van der Waals surface area contributed by atoms with Gasteiger partial charge in [0.25, 0.3) is 11.4 Å². The number of aliphatic imine (C=N–C) groups is 1. The van der Waals surface area contributed by atoms with Crippen molar-refractivity contribution in [2.24, 2.45) is 4.99 Å². The van der Waals surface area contributed by atoms with Gasteiger partial charge in [0.05, 0.1) is 26.9 Å². The van der Waals surface area contributed by atoms with Gasteiger partial charge in [0.2, 0.25) is 0 Å². The predicted molar refractivity (Wildman–Crippen MR) is 144 cm³/mol. The third-order valence-electron chi connectivity index (χ3n) is 5.86. The molecule has 0 fully saturated rings. The van der Waals surface area contributed by atoms with E-state index in [1.807, 2.05) is 71.3 Å². The highest BCUT2D eigenvalue weighted by Crippen LogP contribution is 2.36. The second kappa shape index (κ2) is 10.1. The third-order valence-corrected chi connectivity index (χ3v) is 5.86. The molecule has 1 heterocycles. The summed E-state index contributed by atoms with van der Waals surface area (Å²) in [7, 11) is 0. The Kier molecular flexibility index (Phi) is 6.37. The molecule has 8 nitrogen and oxygen atoms in total. The summed E-state index contributed by atoms with van der Waals surface area (Å²) in [6, 6.07) is 34.1. The van der Waals surface area contributed by atoms with Gasteiger partial charge in [-0.1, -0.05) is 66.7 Å². The lowest BCUT2D eigenvalue weighted by Gasteiger charge is -2.15. The molecule has 1 aromatic heterocycles. The van der Waals surface area contributed by atoms with Gasteiger partial charge in [-0.15, -0.1) is 0 Å². The van der Waals surface area contributed by atoms with E-state index in [9.17, 15) is 20.2 Å². The largest absolute Gasteiger partial charge is 0.309 e. The fraction of sp³-hybridized carbons (Fsp3) is 0. The maximum absolute atomic E-state index is 11.3. The number of hydrogen-bond acceptors (Lipinski definition) is 5. The van der Waals surface area contributed by atoms with E-state index >= 15 is 0 Å². The molecule has 0 spiro atoms. The van der Waals surface area contributed by atoms with E-state index in [1.54, 1.807) is 30.5 Å². The molecule has 0 saturated heterocycles. The molecule has 5 aromatic rings. The first-order valence-corrected chi connectivity index (χ1v) is 11.4. The molecule has 37 heavy (non-hydrogen) atoms. The van der Waals surface area contributed by atoms with Gasteiger partial charge in [-0.2, -0.15) is 0 Å². The first-order valence-electron chi connectivity index (χ1n) is 11.4. The second-order valence-corrected chi connectivity index (χ2v) is 8.21. The minimum absolute atomic E-state index is 0.00545. The van der Waals surface area contributed by atoms with Crippen LogP contribution in [0.4, 0.5) is 17.1 Å². The summed E-state index contributed by atoms with van der Waals surface area (Å²) in [5.41, 5.74) is 5.54. The molecule has 0 bridgehead atoms. The van der Waals surface area contributed by atoms with Gasteiger partial charge in [0.15, 0.2) is 0 Å². The van der Waals surface area contributed by atoms with Crippen molar-refractivity contribution in [3.05, 3.63) is 141 Å². The number of nitrogens with zero attached hydrogens (tertiary/aromatic N) is 4. The quantitative estimate of drug-likeness (QED) is 0.135. The fourth-order valence-electron chi connectivity index (χ4n) is 4.16. The summed E-state index contributed by atoms with van der Waals surface area (Å²) in [6.07, 6.45) is 1.69. The number of non-ortho nitro benzene ring substituents is 2. The van der Waals surface area contributed by atoms with Crippen LogP contribution in [0.25, 0.3) is 28.2 Å². The van der Waals surface area contributed by atoms with E-state index in [2.05, 4.69) is 4.99 Å². The van der Waals surface area contributed by atoms with Crippen molar-refractivity contribution in [3.8, 4) is 28.2 Å². The van der Waals surface area contributed by atoms with Crippen LogP contribution in [0, 0.1) is 20.2 Å². The Morgan fingerprint density at radius 3 is 1.89 bits per heavy atom. The Morgan fingerprint density at radius 2 is 1.27 bits per heavy atom. The van der Waals surface area contributed by atoms with E-state index in [0.29, 0.717) is 5.69 Å². The Balaban J connectivity index is 1.74. The molecule has 0 N–H and O–H groups in total. The van der Waals surface area contributed by atoms with E-state index < -0.39 is 9.85 Å².